The first kappa shape index (κ1) is 18.3. The molecule has 0 spiro atoms. The van der Waals surface area contributed by atoms with Crippen molar-refractivity contribution in [2.75, 3.05) is 19.6 Å². The number of rotatable bonds is 8. The first-order valence-corrected chi connectivity index (χ1v) is 8.14. The molecule has 118 valence electrons. The van der Waals surface area contributed by atoms with Crippen molar-refractivity contribution < 1.29 is 4.79 Å². The number of hydrogen-bond donors (Lipinski definition) is 1. The summed E-state index contributed by atoms with van der Waals surface area (Å²) in [5.41, 5.74) is 0.952. The zero-order chi connectivity index (χ0) is 15.8. The standard InChI is InChI=1S/C16H24Cl2N2O/c1-4-20(12(2)3)10-9-19-16(21)8-6-13-5-7-14(17)11-15(13)18/h5,7,11-12H,4,6,8-10H2,1-3H3,(H,19,21). The van der Waals surface area contributed by atoms with Crippen LogP contribution in [0.25, 0.3) is 0 Å². The Morgan fingerprint density at radius 1 is 1.33 bits per heavy atom. The molecule has 0 radical (unpaired) electrons. The van der Waals surface area contributed by atoms with Crippen molar-refractivity contribution in [2.24, 2.45) is 0 Å². The molecule has 0 aromatic heterocycles. The molecule has 0 bridgehead atoms. The normalized spacial score (nSPS) is 11.2. The number of halogens is 2. The van der Waals surface area contributed by atoms with Gasteiger partial charge in [0.1, 0.15) is 0 Å². The van der Waals surface area contributed by atoms with Gasteiger partial charge in [-0.25, -0.2) is 0 Å². The molecule has 0 unspecified atom stereocenters. The Hall–Kier alpha value is -0.770. The van der Waals surface area contributed by atoms with Crippen molar-refractivity contribution in [3.05, 3.63) is 33.8 Å². The largest absolute Gasteiger partial charge is 0.355 e. The molecule has 0 aliphatic carbocycles. The third-order valence-electron chi connectivity index (χ3n) is 3.49. The molecule has 0 aliphatic rings. The summed E-state index contributed by atoms with van der Waals surface area (Å²) in [5, 5.41) is 4.18. The van der Waals surface area contributed by atoms with Crippen molar-refractivity contribution in [3.63, 3.8) is 0 Å². The van der Waals surface area contributed by atoms with Gasteiger partial charge in [-0.15, -0.1) is 0 Å². The Balaban J connectivity index is 2.31. The zero-order valence-electron chi connectivity index (χ0n) is 13.0. The van der Waals surface area contributed by atoms with E-state index in [4.69, 9.17) is 23.2 Å². The first-order valence-electron chi connectivity index (χ1n) is 7.38. The lowest BCUT2D eigenvalue weighted by Gasteiger charge is -2.24. The van der Waals surface area contributed by atoms with Crippen LogP contribution in [-0.2, 0) is 11.2 Å². The molecule has 0 atom stereocenters. The van der Waals surface area contributed by atoms with E-state index < -0.39 is 0 Å². The third kappa shape index (κ3) is 6.68. The second-order valence-electron chi connectivity index (χ2n) is 5.31. The lowest BCUT2D eigenvalue weighted by atomic mass is 10.1. The maximum atomic E-state index is 11.8. The number of benzene rings is 1. The SMILES string of the molecule is CCN(CCNC(=O)CCc1ccc(Cl)cc1Cl)C(C)C. The number of hydrogen-bond acceptors (Lipinski definition) is 2. The fourth-order valence-corrected chi connectivity index (χ4v) is 2.68. The smallest absolute Gasteiger partial charge is 0.220 e. The van der Waals surface area contributed by atoms with Crippen LogP contribution in [-0.4, -0.2) is 36.5 Å². The van der Waals surface area contributed by atoms with Crippen molar-refractivity contribution in [3.8, 4) is 0 Å². The fourth-order valence-electron chi connectivity index (χ4n) is 2.18. The average Bonchev–Trinajstić information content (AvgIpc) is 2.42. The summed E-state index contributed by atoms with van der Waals surface area (Å²) in [5.74, 6) is 0.0563. The molecule has 21 heavy (non-hydrogen) atoms. The van der Waals surface area contributed by atoms with Crippen LogP contribution in [0.2, 0.25) is 10.0 Å². The molecule has 0 aliphatic heterocycles. The summed E-state index contributed by atoms with van der Waals surface area (Å²) in [7, 11) is 0. The number of nitrogens with zero attached hydrogens (tertiary/aromatic N) is 1. The molecule has 0 saturated heterocycles. The Kier molecular flexibility index (Phi) is 8.09. The lowest BCUT2D eigenvalue weighted by molar-refractivity contribution is -0.121. The fraction of sp³-hybridized carbons (Fsp3) is 0.562. The highest BCUT2D eigenvalue weighted by atomic mass is 35.5. The van der Waals surface area contributed by atoms with Gasteiger partial charge in [-0.2, -0.15) is 0 Å². The van der Waals surface area contributed by atoms with Crippen LogP contribution in [0.4, 0.5) is 0 Å². The van der Waals surface area contributed by atoms with Crippen LogP contribution < -0.4 is 5.32 Å². The average molecular weight is 331 g/mol. The molecule has 0 saturated carbocycles. The van der Waals surface area contributed by atoms with Gasteiger partial charge in [-0.05, 0) is 44.5 Å². The number of carbonyl (C=O) groups is 1. The van der Waals surface area contributed by atoms with Crippen LogP contribution in [0.1, 0.15) is 32.8 Å². The molecule has 1 aromatic carbocycles. The van der Waals surface area contributed by atoms with E-state index in [0.717, 1.165) is 18.7 Å². The second-order valence-corrected chi connectivity index (χ2v) is 6.15. The van der Waals surface area contributed by atoms with Crippen LogP contribution >= 0.6 is 23.2 Å². The van der Waals surface area contributed by atoms with Gasteiger partial charge in [0.25, 0.3) is 0 Å². The minimum Gasteiger partial charge on any atom is -0.355 e. The molecule has 1 amide bonds. The maximum absolute atomic E-state index is 11.8. The number of carbonyl (C=O) groups excluding carboxylic acids is 1. The van der Waals surface area contributed by atoms with E-state index in [1.54, 1.807) is 12.1 Å². The highest BCUT2D eigenvalue weighted by Gasteiger charge is 2.08. The van der Waals surface area contributed by atoms with Crippen molar-refractivity contribution in [1.29, 1.82) is 0 Å². The summed E-state index contributed by atoms with van der Waals surface area (Å²) in [6.07, 6.45) is 1.07. The monoisotopic (exact) mass is 330 g/mol. The van der Waals surface area contributed by atoms with Gasteiger partial charge in [0.2, 0.25) is 5.91 Å². The Morgan fingerprint density at radius 3 is 2.62 bits per heavy atom. The molecular formula is C16H24Cl2N2O. The van der Waals surface area contributed by atoms with E-state index in [0.29, 0.717) is 35.5 Å². The molecule has 3 nitrogen and oxygen atoms in total. The second kappa shape index (κ2) is 9.29. The van der Waals surface area contributed by atoms with Gasteiger partial charge in [0, 0.05) is 35.6 Å². The molecule has 0 fully saturated rings. The summed E-state index contributed by atoms with van der Waals surface area (Å²) < 4.78 is 0. The Morgan fingerprint density at radius 2 is 2.05 bits per heavy atom. The minimum atomic E-state index is 0.0563. The van der Waals surface area contributed by atoms with Crippen molar-refractivity contribution in [1.82, 2.24) is 10.2 Å². The first-order chi connectivity index (χ1) is 9.93. The number of aryl methyl sites for hydroxylation is 1. The third-order valence-corrected chi connectivity index (χ3v) is 4.08. The van der Waals surface area contributed by atoms with Gasteiger partial charge >= 0.3 is 0 Å². The van der Waals surface area contributed by atoms with Gasteiger partial charge in [0.15, 0.2) is 0 Å². The maximum Gasteiger partial charge on any atom is 0.220 e. The van der Waals surface area contributed by atoms with Crippen molar-refractivity contribution in [2.45, 2.75) is 39.7 Å². The lowest BCUT2D eigenvalue weighted by Crippen LogP contribution is -2.38. The van der Waals surface area contributed by atoms with E-state index >= 15 is 0 Å². The molecule has 1 aromatic rings. The topological polar surface area (TPSA) is 32.3 Å². The highest BCUT2D eigenvalue weighted by Crippen LogP contribution is 2.21. The number of amides is 1. The highest BCUT2D eigenvalue weighted by molar-refractivity contribution is 6.35. The summed E-state index contributed by atoms with van der Waals surface area (Å²) in [6, 6.07) is 5.87. The van der Waals surface area contributed by atoms with E-state index in [1.807, 2.05) is 6.07 Å². The quantitative estimate of drug-likeness (QED) is 0.786. The van der Waals surface area contributed by atoms with E-state index in [2.05, 4.69) is 31.0 Å². The predicted octanol–water partition coefficient (Wildman–Crippen LogP) is 3.77. The molecule has 1 N–H and O–H groups in total. The van der Waals surface area contributed by atoms with Crippen LogP contribution in [0, 0.1) is 0 Å². The van der Waals surface area contributed by atoms with Gasteiger partial charge in [-0.3, -0.25) is 9.69 Å². The van der Waals surface area contributed by atoms with E-state index in [1.165, 1.54) is 0 Å². The molecule has 5 heteroatoms. The molecular weight excluding hydrogens is 307 g/mol. The van der Waals surface area contributed by atoms with E-state index in [9.17, 15) is 4.79 Å². The van der Waals surface area contributed by atoms with E-state index in [-0.39, 0.29) is 5.91 Å². The zero-order valence-corrected chi connectivity index (χ0v) is 14.5. The van der Waals surface area contributed by atoms with Gasteiger partial charge < -0.3 is 5.32 Å². The Bertz CT molecular complexity index is 464. The number of nitrogens with one attached hydrogen (secondary N) is 1. The summed E-state index contributed by atoms with van der Waals surface area (Å²) in [4.78, 5) is 14.2. The van der Waals surface area contributed by atoms with Crippen molar-refractivity contribution >= 4 is 29.1 Å². The number of likely N-dealkylation sites (N-methyl/N-ethyl adjacent to an activating group) is 1. The summed E-state index contributed by atoms with van der Waals surface area (Å²) in [6.45, 7) is 9.00. The van der Waals surface area contributed by atoms with Crippen LogP contribution in [0.3, 0.4) is 0 Å². The minimum absolute atomic E-state index is 0.0563. The molecule has 1 rings (SSSR count). The van der Waals surface area contributed by atoms with Gasteiger partial charge in [0.05, 0.1) is 0 Å². The van der Waals surface area contributed by atoms with Crippen LogP contribution in [0.5, 0.6) is 0 Å². The predicted molar refractivity (Wildman–Crippen MR) is 90.2 cm³/mol. The Labute approximate surface area is 137 Å². The van der Waals surface area contributed by atoms with Crippen LogP contribution in [0.15, 0.2) is 18.2 Å². The summed E-state index contributed by atoms with van der Waals surface area (Å²) >= 11 is 11.9. The molecule has 0 heterocycles. The van der Waals surface area contributed by atoms with Gasteiger partial charge in [-0.1, -0.05) is 36.2 Å².